The standard InChI is InChI=1S/C15H11N3O4S/c16-23(21,22)10-7-5-9(6-8-10)17-18-13-14(19)11-3-1-2-4-12(11)15(13)20/h1-8,13H,(H2,16,21,22). The largest absolute Gasteiger partial charge is 0.291 e. The molecule has 3 rings (SSSR count). The Bertz CT molecular complexity index is 898. The van der Waals surface area contributed by atoms with Crippen LogP contribution in [-0.4, -0.2) is 26.0 Å². The molecule has 116 valence electrons. The molecule has 7 nitrogen and oxygen atoms in total. The molecule has 0 saturated heterocycles. The van der Waals surface area contributed by atoms with Crippen molar-refractivity contribution >= 4 is 27.3 Å². The molecule has 0 saturated carbocycles. The fourth-order valence-corrected chi connectivity index (χ4v) is 2.77. The molecule has 0 aliphatic heterocycles. The van der Waals surface area contributed by atoms with E-state index >= 15 is 0 Å². The fourth-order valence-electron chi connectivity index (χ4n) is 2.26. The number of rotatable bonds is 3. The predicted octanol–water partition coefficient (Wildman–Crippen LogP) is 1.87. The number of ketones is 2. The van der Waals surface area contributed by atoms with Gasteiger partial charge in [-0.15, -0.1) is 0 Å². The topological polar surface area (TPSA) is 119 Å². The third-order valence-electron chi connectivity index (χ3n) is 3.41. The van der Waals surface area contributed by atoms with Gasteiger partial charge in [0, 0.05) is 11.1 Å². The van der Waals surface area contributed by atoms with Crippen LogP contribution in [0.1, 0.15) is 20.7 Å². The van der Waals surface area contributed by atoms with Crippen molar-refractivity contribution in [2.24, 2.45) is 15.4 Å². The van der Waals surface area contributed by atoms with Crippen LogP contribution in [0.2, 0.25) is 0 Å². The van der Waals surface area contributed by atoms with E-state index in [0.29, 0.717) is 16.8 Å². The highest BCUT2D eigenvalue weighted by Gasteiger charge is 2.38. The third kappa shape index (κ3) is 2.81. The molecular weight excluding hydrogens is 318 g/mol. The summed E-state index contributed by atoms with van der Waals surface area (Å²) in [4.78, 5) is 24.2. The zero-order valence-electron chi connectivity index (χ0n) is 11.7. The Kier molecular flexibility index (Phi) is 3.63. The van der Waals surface area contributed by atoms with Gasteiger partial charge in [-0.2, -0.15) is 10.2 Å². The van der Waals surface area contributed by atoms with E-state index in [-0.39, 0.29) is 4.90 Å². The first-order valence-electron chi connectivity index (χ1n) is 6.59. The summed E-state index contributed by atoms with van der Waals surface area (Å²) in [6, 6.07) is 10.6. The van der Waals surface area contributed by atoms with E-state index in [0.717, 1.165) is 0 Å². The van der Waals surface area contributed by atoms with Crippen LogP contribution in [0.5, 0.6) is 0 Å². The number of nitrogens with two attached hydrogens (primary N) is 1. The average molecular weight is 329 g/mol. The summed E-state index contributed by atoms with van der Waals surface area (Å²) in [5.74, 6) is -0.786. The number of nitrogens with zero attached hydrogens (tertiary/aromatic N) is 2. The number of fused-ring (bicyclic) bond motifs is 1. The lowest BCUT2D eigenvalue weighted by atomic mass is 10.1. The first-order valence-corrected chi connectivity index (χ1v) is 8.14. The molecule has 0 amide bonds. The number of hydrogen-bond donors (Lipinski definition) is 1. The number of carbonyl (C=O) groups excluding carboxylic acids is 2. The molecule has 2 N–H and O–H groups in total. The quantitative estimate of drug-likeness (QED) is 0.682. The molecule has 0 atom stereocenters. The molecule has 0 fully saturated rings. The van der Waals surface area contributed by atoms with E-state index in [1.165, 1.54) is 24.3 Å². The minimum absolute atomic E-state index is 0.0584. The van der Waals surface area contributed by atoms with Gasteiger partial charge in [-0.1, -0.05) is 24.3 Å². The van der Waals surface area contributed by atoms with Crippen molar-refractivity contribution in [3.8, 4) is 0 Å². The van der Waals surface area contributed by atoms with Crippen LogP contribution in [0.25, 0.3) is 0 Å². The molecule has 2 aromatic rings. The van der Waals surface area contributed by atoms with E-state index in [1.807, 2.05) is 0 Å². The highest BCUT2D eigenvalue weighted by Crippen LogP contribution is 2.25. The summed E-state index contributed by atoms with van der Waals surface area (Å²) < 4.78 is 22.3. The van der Waals surface area contributed by atoms with Gasteiger partial charge < -0.3 is 0 Å². The van der Waals surface area contributed by atoms with Gasteiger partial charge in [0.25, 0.3) is 0 Å². The highest BCUT2D eigenvalue weighted by molar-refractivity contribution is 7.89. The van der Waals surface area contributed by atoms with E-state index < -0.39 is 27.6 Å². The molecule has 0 radical (unpaired) electrons. The van der Waals surface area contributed by atoms with Gasteiger partial charge in [0.1, 0.15) is 0 Å². The lowest BCUT2D eigenvalue weighted by Gasteiger charge is -1.99. The van der Waals surface area contributed by atoms with Gasteiger partial charge in [-0.3, -0.25) is 9.59 Å². The van der Waals surface area contributed by atoms with Gasteiger partial charge in [0.2, 0.25) is 10.0 Å². The van der Waals surface area contributed by atoms with Crippen molar-refractivity contribution in [1.82, 2.24) is 0 Å². The number of benzene rings is 2. The Labute approximate surface area is 131 Å². The molecule has 0 spiro atoms. The smallest absolute Gasteiger partial charge is 0.238 e. The normalized spacial score (nSPS) is 15.3. The SMILES string of the molecule is NS(=O)(=O)c1ccc(N=NC2C(=O)c3ccccc3C2=O)cc1. The van der Waals surface area contributed by atoms with Crippen LogP contribution in [-0.2, 0) is 10.0 Å². The van der Waals surface area contributed by atoms with Gasteiger partial charge in [-0.05, 0) is 24.3 Å². The summed E-state index contributed by atoms with van der Waals surface area (Å²) in [5, 5.41) is 12.6. The minimum Gasteiger partial charge on any atom is -0.291 e. The second-order valence-electron chi connectivity index (χ2n) is 4.93. The molecule has 2 aromatic carbocycles. The van der Waals surface area contributed by atoms with Crippen molar-refractivity contribution in [3.05, 3.63) is 59.7 Å². The van der Waals surface area contributed by atoms with Crippen LogP contribution in [0.15, 0.2) is 63.7 Å². The Hall–Kier alpha value is -2.71. The summed E-state index contributed by atoms with van der Waals surface area (Å²) in [5.41, 5.74) is 0.992. The van der Waals surface area contributed by atoms with Crippen LogP contribution in [0.3, 0.4) is 0 Å². The van der Waals surface area contributed by atoms with Crippen molar-refractivity contribution in [2.75, 3.05) is 0 Å². The molecular formula is C15H11N3O4S. The second-order valence-corrected chi connectivity index (χ2v) is 6.49. The third-order valence-corrected chi connectivity index (χ3v) is 4.34. The van der Waals surface area contributed by atoms with E-state index in [4.69, 9.17) is 5.14 Å². The van der Waals surface area contributed by atoms with Crippen LogP contribution < -0.4 is 5.14 Å². The molecule has 1 aliphatic carbocycles. The number of Topliss-reactive ketones (excluding diaryl/α,β-unsaturated/α-hetero) is 2. The zero-order chi connectivity index (χ0) is 16.6. The lowest BCUT2D eigenvalue weighted by molar-refractivity contribution is 0.0891. The van der Waals surface area contributed by atoms with Gasteiger partial charge >= 0.3 is 0 Å². The van der Waals surface area contributed by atoms with E-state index in [1.54, 1.807) is 24.3 Å². The summed E-state index contributed by atoms with van der Waals surface area (Å²) in [6.45, 7) is 0. The maximum Gasteiger partial charge on any atom is 0.238 e. The van der Waals surface area contributed by atoms with Gasteiger partial charge in [0.15, 0.2) is 17.6 Å². The number of primary sulfonamides is 1. The van der Waals surface area contributed by atoms with Crippen LogP contribution >= 0.6 is 0 Å². The van der Waals surface area contributed by atoms with Crippen molar-refractivity contribution in [1.29, 1.82) is 0 Å². The number of hydrogen-bond acceptors (Lipinski definition) is 6. The maximum absolute atomic E-state index is 12.1. The first-order chi connectivity index (χ1) is 10.9. The van der Waals surface area contributed by atoms with Crippen molar-refractivity contribution in [2.45, 2.75) is 10.9 Å². The predicted molar refractivity (Wildman–Crippen MR) is 81.2 cm³/mol. The average Bonchev–Trinajstić information content (AvgIpc) is 2.77. The van der Waals surface area contributed by atoms with Crippen LogP contribution in [0, 0.1) is 0 Å². The lowest BCUT2D eigenvalue weighted by Crippen LogP contribution is -2.18. The summed E-state index contributed by atoms with van der Waals surface area (Å²) >= 11 is 0. The Morgan fingerprint density at radius 3 is 1.87 bits per heavy atom. The van der Waals surface area contributed by atoms with Crippen molar-refractivity contribution in [3.63, 3.8) is 0 Å². The minimum atomic E-state index is -3.78. The second kappa shape index (κ2) is 5.49. The monoisotopic (exact) mass is 329 g/mol. The highest BCUT2D eigenvalue weighted by atomic mass is 32.2. The molecule has 0 unspecified atom stereocenters. The maximum atomic E-state index is 12.1. The Balaban J connectivity index is 1.84. The van der Waals surface area contributed by atoms with Gasteiger partial charge in [-0.25, -0.2) is 13.6 Å². The number of azo groups is 1. The number of sulfonamides is 1. The fraction of sp³-hybridized carbons (Fsp3) is 0.0667. The number of carbonyl (C=O) groups is 2. The molecule has 0 aromatic heterocycles. The molecule has 0 bridgehead atoms. The van der Waals surface area contributed by atoms with Gasteiger partial charge in [0.05, 0.1) is 10.6 Å². The Morgan fingerprint density at radius 2 is 1.39 bits per heavy atom. The molecule has 23 heavy (non-hydrogen) atoms. The van der Waals surface area contributed by atoms with E-state index in [9.17, 15) is 18.0 Å². The Morgan fingerprint density at radius 1 is 0.870 bits per heavy atom. The molecule has 8 heteroatoms. The zero-order valence-corrected chi connectivity index (χ0v) is 12.5. The van der Waals surface area contributed by atoms with E-state index in [2.05, 4.69) is 10.2 Å². The van der Waals surface area contributed by atoms with Crippen LogP contribution in [0.4, 0.5) is 5.69 Å². The van der Waals surface area contributed by atoms with Crippen molar-refractivity contribution < 1.29 is 18.0 Å². The summed E-state index contributed by atoms with van der Waals surface area (Å²) in [6.07, 6.45) is 0. The first kappa shape index (κ1) is 15.2. The molecule has 0 heterocycles. The molecule has 1 aliphatic rings. The summed E-state index contributed by atoms with van der Waals surface area (Å²) in [7, 11) is -3.78.